The fourth-order valence-corrected chi connectivity index (χ4v) is 3.92. The first-order valence-electron chi connectivity index (χ1n) is 10.1. The molecule has 0 saturated carbocycles. The van der Waals surface area contributed by atoms with Crippen molar-refractivity contribution in [2.45, 2.75) is 45.6 Å². The molecule has 1 aromatic carbocycles. The van der Waals surface area contributed by atoms with Crippen molar-refractivity contribution in [3.8, 4) is 0 Å². The summed E-state index contributed by atoms with van der Waals surface area (Å²) in [7, 11) is 0. The van der Waals surface area contributed by atoms with Gasteiger partial charge in [0.1, 0.15) is 0 Å². The van der Waals surface area contributed by atoms with Gasteiger partial charge in [-0.2, -0.15) is 5.10 Å². The lowest BCUT2D eigenvalue weighted by atomic mass is 9.95. The van der Waals surface area contributed by atoms with E-state index < -0.39 is 17.6 Å². The van der Waals surface area contributed by atoms with E-state index in [0.717, 1.165) is 21.1 Å². The molecule has 0 radical (unpaired) electrons. The number of hydrogen-bond acceptors (Lipinski definition) is 3. The summed E-state index contributed by atoms with van der Waals surface area (Å²) in [4.78, 5) is 28.3. The van der Waals surface area contributed by atoms with Crippen LogP contribution in [0, 0.1) is 0 Å². The van der Waals surface area contributed by atoms with Gasteiger partial charge in [0.25, 0.3) is 5.56 Å². The highest BCUT2D eigenvalue weighted by atomic mass is 16.4. The van der Waals surface area contributed by atoms with Crippen molar-refractivity contribution < 1.29 is 9.90 Å². The van der Waals surface area contributed by atoms with Gasteiger partial charge in [0.15, 0.2) is 6.04 Å². The fourth-order valence-electron chi connectivity index (χ4n) is 3.92. The third-order valence-corrected chi connectivity index (χ3v) is 5.43. The summed E-state index contributed by atoms with van der Waals surface area (Å²) in [6.07, 6.45) is 8.01. The van der Waals surface area contributed by atoms with Crippen molar-refractivity contribution in [3.05, 3.63) is 75.2 Å². The lowest BCUT2D eigenvalue weighted by Gasteiger charge is -2.18. The summed E-state index contributed by atoms with van der Waals surface area (Å²) in [6, 6.07) is 6.98. The van der Waals surface area contributed by atoms with E-state index >= 15 is 0 Å². The van der Waals surface area contributed by atoms with Crippen LogP contribution in [-0.2, 0) is 4.79 Å². The highest BCUT2D eigenvalue weighted by Gasteiger charge is 2.25. The zero-order valence-electron chi connectivity index (χ0n) is 17.6. The maximum absolute atomic E-state index is 13.1. The predicted octanol–water partition coefficient (Wildman–Crippen LogP) is 3.07. The first-order valence-corrected chi connectivity index (χ1v) is 10.1. The molecule has 0 spiro atoms. The van der Waals surface area contributed by atoms with Crippen molar-refractivity contribution in [1.29, 1.82) is 0 Å². The van der Waals surface area contributed by atoms with E-state index in [1.165, 1.54) is 0 Å². The van der Waals surface area contributed by atoms with E-state index in [1.54, 1.807) is 25.2 Å². The van der Waals surface area contributed by atoms with Crippen LogP contribution in [0.5, 0.6) is 0 Å². The molecule has 2 aromatic heterocycles. The molecule has 3 rings (SSSR count). The molecule has 0 saturated heterocycles. The Hall–Kier alpha value is -3.41. The quantitative estimate of drug-likeness (QED) is 0.632. The first kappa shape index (κ1) is 21.3. The number of rotatable bonds is 7. The molecular formula is C24H27N3O3. The van der Waals surface area contributed by atoms with Gasteiger partial charge >= 0.3 is 5.97 Å². The summed E-state index contributed by atoms with van der Waals surface area (Å²) < 4.78 is 1.14. The SMILES string of the molecule is C=CC=c1c(C(C)c2c[nH]c3ccccc23)nn(C(CCC)C(=O)O)c(=O)c1=CC. The number of H-pyrrole nitrogens is 1. The third kappa shape index (κ3) is 3.73. The Morgan fingerprint density at radius 1 is 1.33 bits per heavy atom. The molecule has 0 amide bonds. The molecule has 0 bridgehead atoms. The van der Waals surface area contributed by atoms with Crippen LogP contribution in [0.1, 0.15) is 56.8 Å². The normalized spacial score (nSPS) is 14.8. The number of aromatic nitrogens is 3. The number of aromatic amines is 1. The van der Waals surface area contributed by atoms with Gasteiger partial charge in [-0.05, 0) is 25.0 Å². The minimum Gasteiger partial charge on any atom is -0.480 e. The molecule has 2 N–H and O–H groups in total. The molecule has 0 aliphatic carbocycles. The summed E-state index contributed by atoms with van der Waals surface area (Å²) in [5.74, 6) is -1.23. The van der Waals surface area contributed by atoms with Gasteiger partial charge in [-0.1, -0.05) is 63.3 Å². The number of allylic oxidation sites excluding steroid dienone is 1. The molecule has 6 heteroatoms. The lowest BCUT2D eigenvalue weighted by molar-refractivity contribution is -0.141. The molecule has 30 heavy (non-hydrogen) atoms. The number of hydrogen-bond donors (Lipinski definition) is 2. The van der Waals surface area contributed by atoms with Crippen molar-refractivity contribution >= 4 is 29.0 Å². The van der Waals surface area contributed by atoms with Crippen LogP contribution in [0.2, 0.25) is 0 Å². The van der Waals surface area contributed by atoms with E-state index in [4.69, 9.17) is 0 Å². The summed E-state index contributed by atoms with van der Waals surface area (Å²) in [5, 5.41) is 16.5. The van der Waals surface area contributed by atoms with Gasteiger partial charge in [0.2, 0.25) is 0 Å². The smallest absolute Gasteiger partial charge is 0.328 e. The van der Waals surface area contributed by atoms with Gasteiger partial charge in [0.05, 0.1) is 5.69 Å². The number of nitrogens with zero attached hydrogens (tertiary/aromatic N) is 2. The third-order valence-electron chi connectivity index (χ3n) is 5.43. The summed E-state index contributed by atoms with van der Waals surface area (Å²) in [6.45, 7) is 9.47. The molecular weight excluding hydrogens is 378 g/mol. The molecule has 0 fully saturated rings. The number of nitrogens with one attached hydrogen (secondary N) is 1. The zero-order valence-corrected chi connectivity index (χ0v) is 17.6. The monoisotopic (exact) mass is 405 g/mol. The van der Waals surface area contributed by atoms with E-state index in [9.17, 15) is 14.7 Å². The summed E-state index contributed by atoms with van der Waals surface area (Å²) >= 11 is 0. The Bertz CT molecular complexity index is 1270. The highest BCUT2D eigenvalue weighted by Crippen LogP contribution is 2.28. The number of carboxylic acids is 1. The fraction of sp³-hybridized carbons (Fsp3) is 0.292. The van der Waals surface area contributed by atoms with Crippen LogP contribution in [0.25, 0.3) is 23.1 Å². The maximum atomic E-state index is 13.1. The molecule has 156 valence electrons. The topological polar surface area (TPSA) is 88.0 Å². The Morgan fingerprint density at radius 3 is 2.70 bits per heavy atom. The van der Waals surface area contributed by atoms with Crippen LogP contribution in [0.3, 0.4) is 0 Å². The molecule has 3 aromatic rings. The number of aliphatic carboxylic acids is 1. The number of fused-ring (bicyclic) bond motifs is 1. The van der Waals surface area contributed by atoms with E-state index in [-0.39, 0.29) is 5.92 Å². The van der Waals surface area contributed by atoms with Crippen molar-refractivity contribution in [2.75, 3.05) is 0 Å². The van der Waals surface area contributed by atoms with Gasteiger partial charge in [-0.25, -0.2) is 9.48 Å². The largest absolute Gasteiger partial charge is 0.480 e. The Kier molecular flexibility index (Phi) is 6.35. The van der Waals surface area contributed by atoms with Crippen LogP contribution in [0.4, 0.5) is 0 Å². The van der Waals surface area contributed by atoms with E-state index in [1.807, 2.05) is 44.3 Å². The van der Waals surface area contributed by atoms with Gasteiger partial charge < -0.3 is 10.1 Å². The van der Waals surface area contributed by atoms with E-state index in [0.29, 0.717) is 29.0 Å². The Morgan fingerprint density at radius 2 is 2.07 bits per heavy atom. The highest BCUT2D eigenvalue weighted by molar-refractivity contribution is 5.84. The number of carbonyl (C=O) groups is 1. The standard InChI is InChI=1S/C24H27N3O3/c1-5-10-18-16(7-3)23(28)27(21(11-6-2)24(29)30)26-22(18)15(4)19-14-25-20-13-9-8-12-17(19)20/h5,7-10,12-15,21,25H,1,6,11H2,2-4H3,(H,29,30). The molecule has 6 nitrogen and oxygen atoms in total. The van der Waals surface area contributed by atoms with E-state index in [2.05, 4.69) is 16.7 Å². The lowest BCUT2D eigenvalue weighted by Crippen LogP contribution is -2.50. The summed E-state index contributed by atoms with van der Waals surface area (Å²) in [5.41, 5.74) is 2.29. The first-order chi connectivity index (χ1) is 14.4. The average molecular weight is 405 g/mol. The van der Waals surface area contributed by atoms with Gasteiger partial charge in [-0.3, -0.25) is 4.79 Å². The minimum absolute atomic E-state index is 0.172. The number of benzene rings is 1. The Balaban J connectivity index is 2.36. The van der Waals surface area contributed by atoms with Gasteiger partial charge in [0, 0.05) is 33.5 Å². The number of carboxylic acid groups (broad SMARTS) is 1. The minimum atomic E-state index is -1.06. The molecule has 0 aliphatic heterocycles. The molecule has 0 aliphatic rings. The second-order valence-corrected chi connectivity index (χ2v) is 7.31. The van der Waals surface area contributed by atoms with Crippen LogP contribution < -0.4 is 16.0 Å². The Labute approximate surface area is 174 Å². The van der Waals surface area contributed by atoms with Crippen LogP contribution in [-0.4, -0.2) is 25.8 Å². The second kappa shape index (κ2) is 8.95. The molecule has 2 heterocycles. The number of para-hydroxylation sites is 1. The van der Waals surface area contributed by atoms with Crippen molar-refractivity contribution in [3.63, 3.8) is 0 Å². The van der Waals surface area contributed by atoms with Crippen molar-refractivity contribution in [1.82, 2.24) is 14.8 Å². The average Bonchev–Trinajstić information content (AvgIpc) is 3.16. The van der Waals surface area contributed by atoms with Crippen LogP contribution >= 0.6 is 0 Å². The molecule has 2 atom stereocenters. The maximum Gasteiger partial charge on any atom is 0.328 e. The van der Waals surface area contributed by atoms with Crippen molar-refractivity contribution in [2.24, 2.45) is 0 Å². The van der Waals surface area contributed by atoms with Crippen LogP contribution in [0.15, 0.2) is 47.9 Å². The van der Waals surface area contributed by atoms with Gasteiger partial charge in [-0.15, -0.1) is 0 Å². The zero-order chi connectivity index (χ0) is 21.8. The predicted molar refractivity (Wildman–Crippen MR) is 120 cm³/mol. The molecule has 2 unspecified atom stereocenters. The second-order valence-electron chi connectivity index (χ2n) is 7.31.